The number of nitrogen functional groups attached to an aromatic ring is 1. The van der Waals surface area contributed by atoms with E-state index in [1.54, 1.807) is 18.2 Å². The van der Waals surface area contributed by atoms with Crippen LogP contribution in [0.4, 0.5) is 5.69 Å². The van der Waals surface area contributed by atoms with Crippen molar-refractivity contribution in [2.75, 3.05) is 12.3 Å². The molecule has 21 heavy (non-hydrogen) atoms. The van der Waals surface area contributed by atoms with Crippen LogP contribution in [0.5, 0.6) is 0 Å². The Kier molecular flexibility index (Phi) is 4.26. The number of carbonyl (C=O) groups is 1. The number of carboxylic acids is 1. The average molecular weight is 287 g/mol. The van der Waals surface area contributed by atoms with Gasteiger partial charge in [0.25, 0.3) is 0 Å². The molecule has 1 atom stereocenters. The summed E-state index contributed by atoms with van der Waals surface area (Å²) >= 11 is 0. The first-order chi connectivity index (χ1) is 9.92. The van der Waals surface area contributed by atoms with E-state index in [1.807, 2.05) is 13.0 Å². The molecule has 0 heterocycles. The van der Waals surface area contributed by atoms with Gasteiger partial charge in [0.2, 0.25) is 0 Å². The first-order valence-corrected chi connectivity index (χ1v) is 6.46. The van der Waals surface area contributed by atoms with Gasteiger partial charge < -0.3 is 21.1 Å². The summed E-state index contributed by atoms with van der Waals surface area (Å²) in [6.45, 7) is 1.43. The summed E-state index contributed by atoms with van der Waals surface area (Å²) < 4.78 is 0. The van der Waals surface area contributed by atoms with Crippen molar-refractivity contribution in [3.05, 3.63) is 53.1 Å². The predicted molar refractivity (Wildman–Crippen MR) is 80.0 cm³/mol. The maximum Gasteiger partial charge on any atom is 0.335 e. The summed E-state index contributed by atoms with van der Waals surface area (Å²) in [6, 6.07) is 9.95. The van der Waals surface area contributed by atoms with E-state index >= 15 is 0 Å². The van der Waals surface area contributed by atoms with Crippen molar-refractivity contribution < 1.29 is 20.1 Å². The number of nitrogens with two attached hydrogens (primary N) is 1. The Morgan fingerprint density at radius 3 is 2.52 bits per heavy atom. The van der Waals surface area contributed by atoms with Crippen LogP contribution in [0.25, 0.3) is 11.1 Å². The molecule has 0 bridgehead atoms. The molecule has 1 unspecified atom stereocenters. The number of aliphatic hydroxyl groups is 2. The largest absolute Gasteiger partial charge is 0.478 e. The maximum absolute atomic E-state index is 11.2. The lowest BCUT2D eigenvalue weighted by atomic mass is 9.96. The molecule has 2 aromatic rings. The minimum absolute atomic E-state index is 0.0370. The standard InChI is InChI=1S/C16H17NO4/c1-9-2-3-13(14(17)4-9)10-5-11(15(19)8-18)7-12(6-10)16(20)21/h2-7,15,18-19H,8,17H2,1H3,(H,20,21). The third kappa shape index (κ3) is 3.21. The highest BCUT2D eigenvalue weighted by Gasteiger charge is 2.14. The fourth-order valence-electron chi connectivity index (χ4n) is 2.17. The van der Waals surface area contributed by atoms with Crippen LogP contribution in [0.15, 0.2) is 36.4 Å². The smallest absolute Gasteiger partial charge is 0.335 e. The third-order valence-electron chi connectivity index (χ3n) is 3.28. The van der Waals surface area contributed by atoms with E-state index in [0.29, 0.717) is 22.4 Å². The van der Waals surface area contributed by atoms with Gasteiger partial charge in [0.05, 0.1) is 12.2 Å². The Hall–Kier alpha value is -2.37. The molecule has 0 aliphatic heterocycles. The fourth-order valence-corrected chi connectivity index (χ4v) is 2.17. The first-order valence-electron chi connectivity index (χ1n) is 6.46. The Morgan fingerprint density at radius 1 is 1.24 bits per heavy atom. The van der Waals surface area contributed by atoms with Crippen molar-refractivity contribution in [1.29, 1.82) is 0 Å². The number of aryl methyl sites for hydroxylation is 1. The average Bonchev–Trinajstić information content (AvgIpc) is 2.45. The van der Waals surface area contributed by atoms with Crippen molar-refractivity contribution in [3.8, 4) is 11.1 Å². The van der Waals surface area contributed by atoms with Gasteiger partial charge in [-0.1, -0.05) is 12.1 Å². The van der Waals surface area contributed by atoms with Crippen LogP contribution >= 0.6 is 0 Å². The van der Waals surface area contributed by atoms with Crippen LogP contribution in [0.1, 0.15) is 27.6 Å². The molecular weight excluding hydrogens is 270 g/mol. The minimum atomic E-state index is -1.13. The number of rotatable bonds is 4. The van der Waals surface area contributed by atoms with Crippen LogP contribution in [0, 0.1) is 6.92 Å². The molecule has 0 amide bonds. The molecule has 0 aliphatic carbocycles. The van der Waals surface area contributed by atoms with Crippen molar-refractivity contribution in [2.45, 2.75) is 13.0 Å². The van der Waals surface area contributed by atoms with E-state index in [0.717, 1.165) is 5.56 Å². The van der Waals surface area contributed by atoms with Gasteiger partial charge in [-0.25, -0.2) is 4.79 Å². The molecule has 0 fully saturated rings. The molecule has 0 radical (unpaired) electrons. The summed E-state index contributed by atoms with van der Waals surface area (Å²) in [4.78, 5) is 11.2. The van der Waals surface area contributed by atoms with Crippen LogP contribution in [0.3, 0.4) is 0 Å². The highest BCUT2D eigenvalue weighted by Crippen LogP contribution is 2.30. The molecule has 2 rings (SSSR count). The summed E-state index contributed by atoms with van der Waals surface area (Å²) in [5, 5.41) is 28.0. The molecule has 2 aromatic carbocycles. The zero-order chi connectivity index (χ0) is 15.6. The monoisotopic (exact) mass is 287 g/mol. The molecule has 0 aliphatic rings. The highest BCUT2D eigenvalue weighted by atomic mass is 16.4. The number of aromatic carboxylic acids is 1. The number of carboxylic acid groups (broad SMARTS) is 1. The van der Waals surface area contributed by atoms with Crippen LogP contribution in [-0.2, 0) is 0 Å². The van der Waals surface area contributed by atoms with Gasteiger partial charge in [0.15, 0.2) is 0 Å². The zero-order valence-electron chi connectivity index (χ0n) is 11.6. The normalized spacial score (nSPS) is 12.1. The number of hydrogen-bond acceptors (Lipinski definition) is 4. The topological polar surface area (TPSA) is 104 Å². The lowest BCUT2D eigenvalue weighted by Gasteiger charge is -2.13. The van der Waals surface area contributed by atoms with Crippen molar-refractivity contribution in [1.82, 2.24) is 0 Å². The summed E-state index contributed by atoms with van der Waals surface area (Å²) in [5.74, 6) is -1.10. The second kappa shape index (κ2) is 5.95. The fraction of sp³-hybridized carbons (Fsp3) is 0.188. The van der Waals surface area contributed by atoms with Crippen LogP contribution < -0.4 is 5.73 Å². The summed E-state index contributed by atoms with van der Waals surface area (Å²) in [6.07, 6.45) is -1.13. The van der Waals surface area contributed by atoms with Crippen LogP contribution in [0.2, 0.25) is 0 Å². The minimum Gasteiger partial charge on any atom is -0.478 e. The van der Waals surface area contributed by atoms with E-state index < -0.39 is 18.7 Å². The Morgan fingerprint density at radius 2 is 1.95 bits per heavy atom. The van der Waals surface area contributed by atoms with Gasteiger partial charge in [0, 0.05) is 11.3 Å². The first kappa shape index (κ1) is 15.0. The Bertz CT molecular complexity index is 682. The predicted octanol–water partition coefficient (Wildman–Crippen LogP) is 1.97. The number of aliphatic hydroxyl groups excluding tert-OH is 2. The molecule has 0 saturated heterocycles. The number of benzene rings is 2. The van der Waals surface area contributed by atoms with Gasteiger partial charge in [0.1, 0.15) is 6.10 Å². The van der Waals surface area contributed by atoms with Gasteiger partial charge in [-0.05, 0) is 47.9 Å². The van der Waals surface area contributed by atoms with E-state index in [1.165, 1.54) is 12.1 Å². The lowest BCUT2D eigenvalue weighted by Crippen LogP contribution is -2.06. The second-order valence-corrected chi connectivity index (χ2v) is 4.94. The Labute approximate surface area is 122 Å². The molecule has 0 aromatic heterocycles. The van der Waals surface area contributed by atoms with E-state index in [9.17, 15) is 15.0 Å². The second-order valence-electron chi connectivity index (χ2n) is 4.94. The van der Waals surface area contributed by atoms with Gasteiger partial charge in [-0.3, -0.25) is 0 Å². The molecule has 0 spiro atoms. The number of anilines is 1. The quantitative estimate of drug-likeness (QED) is 0.644. The van der Waals surface area contributed by atoms with Crippen molar-refractivity contribution in [3.63, 3.8) is 0 Å². The van der Waals surface area contributed by atoms with Crippen molar-refractivity contribution in [2.24, 2.45) is 0 Å². The summed E-state index contributed by atoms with van der Waals surface area (Å²) in [5.41, 5.74) is 9.17. The molecule has 5 N–H and O–H groups in total. The Balaban J connectivity index is 2.61. The molecule has 5 heteroatoms. The SMILES string of the molecule is Cc1ccc(-c2cc(C(=O)O)cc(C(O)CO)c2)c(N)c1. The molecule has 0 saturated carbocycles. The lowest BCUT2D eigenvalue weighted by molar-refractivity contribution is 0.0695. The molecule has 5 nitrogen and oxygen atoms in total. The van der Waals surface area contributed by atoms with E-state index in [2.05, 4.69) is 0 Å². The molecule has 110 valence electrons. The van der Waals surface area contributed by atoms with Crippen LogP contribution in [-0.4, -0.2) is 27.9 Å². The van der Waals surface area contributed by atoms with Gasteiger partial charge in [-0.15, -0.1) is 0 Å². The zero-order valence-corrected chi connectivity index (χ0v) is 11.6. The summed E-state index contributed by atoms with van der Waals surface area (Å²) in [7, 11) is 0. The van der Waals surface area contributed by atoms with Gasteiger partial charge >= 0.3 is 5.97 Å². The highest BCUT2D eigenvalue weighted by molar-refractivity contribution is 5.91. The van der Waals surface area contributed by atoms with E-state index in [4.69, 9.17) is 10.8 Å². The number of hydrogen-bond donors (Lipinski definition) is 4. The van der Waals surface area contributed by atoms with Crippen molar-refractivity contribution >= 4 is 11.7 Å². The molecular formula is C16H17NO4. The maximum atomic E-state index is 11.2. The van der Waals surface area contributed by atoms with Gasteiger partial charge in [-0.2, -0.15) is 0 Å². The third-order valence-corrected chi connectivity index (χ3v) is 3.28. The van der Waals surface area contributed by atoms with E-state index in [-0.39, 0.29) is 5.56 Å².